The second-order valence-corrected chi connectivity index (χ2v) is 4.85. The molecule has 3 nitrogen and oxygen atoms in total. The summed E-state index contributed by atoms with van der Waals surface area (Å²) in [7, 11) is 3.33. The molecule has 1 atom stereocenters. The highest BCUT2D eigenvalue weighted by Crippen LogP contribution is 2.26. The monoisotopic (exact) mass is 238 g/mol. The van der Waals surface area contributed by atoms with Crippen molar-refractivity contribution in [2.45, 2.75) is 25.4 Å². The van der Waals surface area contributed by atoms with Gasteiger partial charge in [-0.05, 0) is 11.1 Å². The quantitative estimate of drug-likeness (QED) is 0.826. The zero-order valence-corrected chi connectivity index (χ0v) is 11.1. The zero-order valence-electron chi connectivity index (χ0n) is 11.1. The summed E-state index contributed by atoms with van der Waals surface area (Å²) in [5.41, 5.74) is 1.95. The third kappa shape index (κ3) is 3.53. The molecule has 0 heterocycles. The number of hydrogen-bond donors (Lipinski definition) is 1. The van der Waals surface area contributed by atoms with E-state index in [0.717, 1.165) is 11.1 Å². The Kier molecular flexibility index (Phi) is 5.12. The standard InChI is InChI=1S/C14H22O3/c1-14(2,10-15)12-7-5-6-11(8-12)13(17-4)9-16-3/h5-8,13,15H,9-10H2,1-4H3. The molecule has 0 spiro atoms. The van der Waals surface area contributed by atoms with Gasteiger partial charge in [-0.1, -0.05) is 38.1 Å². The van der Waals surface area contributed by atoms with Crippen LogP contribution in [0.5, 0.6) is 0 Å². The lowest BCUT2D eigenvalue weighted by molar-refractivity contribution is 0.0274. The Morgan fingerprint density at radius 3 is 2.53 bits per heavy atom. The normalized spacial score (nSPS) is 13.7. The Morgan fingerprint density at radius 1 is 1.29 bits per heavy atom. The smallest absolute Gasteiger partial charge is 0.105 e. The lowest BCUT2D eigenvalue weighted by Crippen LogP contribution is -2.22. The third-order valence-corrected chi connectivity index (χ3v) is 3.04. The van der Waals surface area contributed by atoms with E-state index in [1.54, 1.807) is 14.2 Å². The van der Waals surface area contributed by atoms with Gasteiger partial charge in [0.1, 0.15) is 6.10 Å². The highest BCUT2D eigenvalue weighted by molar-refractivity contribution is 5.30. The molecule has 0 bridgehead atoms. The van der Waals surface area contributed by atoms with Crippen molar-refractivity contribution >= 4 is 0 Å². The molecule has 0 saturated heterocycles. The van der Waals surface area contributed by atoms with Crippen LogP contribution in [0.4, 0.5) is 0 Å². The fraction of sp³-hybridized carbons (Fsp3) is 0.571. The molecule has 1 aromatic rings. The van der Waals surface area contributed by atoms with Gasteiger partial charge in [-0.3, -0.25) is 0 Å². The Hall–Kier alpha value is -0.900. The lowest BCUT2D eigenvalue weighted by atomic mass is 9.84. The van der Waals surface area contributed by atoms with E-state index in [1.165, 1.54) is 0 Å². The van der Waals surface area contributed by atoms with E-state index in [9.17, 15) is 5.11 Å². The summed E-state index contributed by atoms with van der Waals surface area (Å²) in [6, 6.07) is 8.11. The van der Waals surface area contributed by atoms with Crippen LogP contribution in [0.25, 0.3) is 0 Å². The Balaban J connectivity index is 2.99. The van der Waals surface area contributed by atoms with E-state index in [0.29, 0.717) is 6.61 Å². The minimum absolute atomic E-state index is 0.0607. The summed E-state index contributed by atoms with van der Waals surface area (Å²) in [5, 5.41) is 9.38. The Morgan fingerprint density at radius 2 is 2.00 bits per heavy atom. The molecule has 96 valence electrons. The molecule has 1 rings (SSSR count). The largest absolute Gasteiger partial charge is 0.395 e. The second-order valence-electron chi connectivity index (χ2n) is 4.85. The first-order chi connectivity index (χ1) is 8.05. The topological polar surface area (TPSA) is 38.7 Å². The molecule has 0 fully saturated rings. The van der Waals surface area contributed by atoms with Crippen molar-refractivity contribution in [2.75, 3.05) is 27.4 Å². The van der Waals surface area contributed by atoms with E-state index in [-0.39, 0.29) is 18.1 Å². The van der Waals surface area contributed by atoms with Crippen LogP contribution in [0.3, 0.4) is 0 Å². The maximum Gasteiger partial charge on any atom is 0.105 e. The second kappa shape index (κ2) is 6.15. The highest BCUT2D eigenvalue weighted by Gasteiger charge is 2.20. The van der Waals surface area contributed by atoms with Crippen LogP contribution in [0.1, 0.15) is 31.1 Å². The summed E-state index contributed by atoms with van der Waals surface area (Å²) < 4.78 is 10.5. The predicted molar refractivity (Wildman–Crippen MR) is 68.2 cm³/mol. The molecule has 1 aromatic carbocycles. The Bertz CT molecular complexity index is 347. The molecule has 0 radical (unpaired) electrons. The van der Waals surface area contributed by atoms with Gasteiger partial charge in [0.05, 0.1) is 13.2 Å². The number of aliphatic hydroxyl groups excluding tert-OH is 1. The lowest BCUT2D eigenvalue weighted by Gasteiger charge is -2.24. The first-order valence-electron chi connectivity index (χ1n) is 5.78. The van der Waals surface area contributed by atoms with E-state index in [2.05, 4.69) is 6.07 Å². The molecule has 0 amide bonds. The molecule has 0 aliphatic heterocycles. The summed E-state index contributed by atoms with van der Waals surface area (Å²) in [6.07, 6.45) is -0.0607. The SMILES string of the molecule is COCC(OC)c1cccc(C(C)(C)CO)c1. The van der Waals surface area contributed by atoms with Gasteiger partial charge in [-0.2, -0.15) is 0 Å². The number of ether oxygens (including phenoxy) is 2. The van der Waals surface area contributed by atoms with E-state index < -0.39 is 0 Å². The molecule has 0 saturated carbocycles. The summed E-state index contributed by atoms with van der Waals surface area (Å²) in [4.78, 5) is 0. The van der Waals surface area contributed by atoms with Crippen molar-refractivity contribution in [2.24, 2.45) is 0 Å². The van der Waals surface area contributed by atoms with Crippen molar-refractivity contribution in [1.82, 2.24) is 0 Å². The van der Waals surface area contributed by atoms with Crippen molar-refractivity contribution in [1.29, 1.82) is 0 Å². The molecular weight excluding hydrogens is 216 g/mol. The highest BCUT2D eigenvalue weighted by atomic mass is 16.5. The predicted octanol–water partition coefficient (Wildman–Crippen LogP) is 2.29. The van der Waals surface area contributed by atoms with Crippen LogP contribution in [-0.2, 0) is 14.9 Å². The fourth-order valence-electron chi connectivity index (χ4n) is 1.70. The van der Waals surface area contributed by atoms with Crippen molar-refractivity contribution in [3.8, 4) is 0 Å². The molecule has 3 heteroatoms. The van der Waals surface area contributed by atoms with Gasteiger partial charge in [0.2, 0.25) is 0 Å². The van der Waals surface area contributed by atoms with E-state index in [4.69, 9.17) is 9.47 Å². The maximum atomic E-state index is 9.38. The third-order valence-electron chi connectivity index (χ3n) is 3.04. The molecular formula is C14H22O3. The molecule has 0 aliphatic rings. The number of aliphatic hydroxyl groups is 1. The van der Waals surface area contributed by atoms with Crippen molar-refractivity contribution in [3.05, 3.63) is 35.4 Å². The van der Waals surface area contributed by atoms with Gasteiger partial charge < -0.3 is 14.6 Å². The Labute approximate surface area is 103 Å². The fourth-order valence-corrected chi connectivity index (χ4v) is 1.70. The van der Waals surface area contributed by atoms with Gasteiger partial charge in [-0.15, -0.1) is 0 Å². The molecule has 0 aromatic heterocycles. The minimum Gasteiger partial charge on any atom is -0.395 e. The van der Waals surface area contributed by atoms with Crippen molar-refractivity contribution in [3.63, 3.8) is 0 Å². The van der Waals surface area contributed by atoms with Gasteiger partial charge in [0, 0.05) is 19.6 Å². The summed E-state index contributed by atoms with van der Waals surface area (Å²) in [5.74, 6) is 0. The summed E-state index contributed by atoms with van der Waals surface area (Å²) in [6.45, 7) is 4.69. The number of benzene rings is 1. The summed E-state index contributed by atoms with van der Waals surface area (Å²) >= 11 is 0. The number of rotatable bonds is 6. The van der Waals surface area contributed by atoms with Crippen molar-refractivity contribution < 1.29 is 14.6 Å². The zero-order chi connectivity index (χ0) is 12.9. The molecule has 17 heavy (non-hydrogen) atoms. The van der Waals surface area contributed by atoms with Crippen LogP contribution in [0.15, 0.2) is 24.3 Å². The van der Waals surface area contributed by atoms with E-state index in [1.807, 2.05) is 32.0 Å². The maximum absolute atomic E-state index is 9.38. The molecule has 1 unspecified atom stereocenters. The average molecular weight is 238 g/mol. The molecule has 1 N–H and O–H groups in total. The van der Waals surface area contributed by atoms with Gasteiger partial charge in [-0.25, -0.2) is 0 Å². The van der Waals surface area contributed by atoms with E-state index >= 15 is 0 Å². The van der Waals surface area contributed by atoms with Gasteiger partial charge in [0.15, 0.2) is 0 Å². The minimum atomic E-state index is -0.235. The molecule has 0 aliphatic carbocycles. The number of hydrogen-bond acceptors (Lipinski definition) is 3. The van der Waals surface area contributed by atoms with Crippen LogP contribution in [0, 0.1) is 0 Å². The van der Waals surface area contributed by atoms with Crippen LogP contribution in [0.2, 0.25) is 0 Å². The average Bonchev–Trinajstić information content (AvgIpc) is 2.36. The van der Waals surface area contributed by atoms with Crippen LogP contribution >= 0.6 is 0 Å². The number of methoxy groups -OCH3 is 2. The first kappa shape index (κ1) is 14.2. The van der Waals surface area contributed by atoms with Crippen LogP contribution in [-0.4, -0.2) is 32.5 Å². The van der Waals surface area contributed by atoms with Crippen LogP contribution < -0.4 is 0 Å². The van der Waals surface area contributed by atoms with Gasteiger partial charge in [0.25, 0.3) is 0 Å². The van der Waals surface area contributed by atoms with Gasteiger partial charge >= 0.3 is 0 Å². The first-order valence-corrected chi connectivity index (χ1v) is 5.78.